The summed E-state index contributed by atoms with van der Waals surface area (Å²) in [5, 5.41) is 29.5. The molecule has 0 aliphatic carbocycles. The van der Waals surface area contributed by atoms with E-state index in [2.05, 4.69) is 0 Å². The van der Waals surface area contributed by atoms with Crippen LogP contribution in [-0.4, -0.2) is 16.0 Å². The van der Waals surface area contributed by atoms with Gasteiger partial charge in [0.05, 0.1) is 17.5 Å². The van der Waals surface area contributed by atoms with Crippen LogP contribution < -0.4 is 5.11 Å². The maximum absolute atomic E-state index is 10.4. The lowest BCUT2D eigenvalue weighted by atomic mass is 10.1. The molecule has 14 heavy (non-hydrogen) atoms. The fraction of sp³-hybridized carbons (Fsp3) is 0.125. The number of hydrogen-bond acceptors (Lipinski definition) is 5. The summed E-state index contributed by atoms with van der Waals surface area (Å²) in [5.74, 6) is -1.51. The lowest BCUT2D eigenvalue weighted by molar-refractivity contribution is -0.385. The largest absolute Gasteiger partial charge is 0.545 e. The van der Waals surface area contributed by atoms with Crippen molar-refractivity contribution in [3.8, 4) is 0 Å². The van der Waals surface area contributed by atoms with E-state index in [1.807, 2.05) is 0 Å². The number of aromatic carboxylic acids is 1. The highest BCUT2D eigenvalue weighted by Gasteiger charge is 2.09. The van der Waals surface area contributed by atoms with E-state index in [4.69, 9.17) is 5.11 Å². The highest BCUT2D eigenvalue weighted by atomic mass is 16.6. The summed E-state index contributed by atoms with van der Waals surface area (Å²) in [6.45, 7) is -0.456. The Hall–Kier alpha value is -1.95. The van der Waals surface area contributed by atoms with Crippen LogP contribution >= 0.6 is 0 Å². The van der Waals surface area contributed by atoms with E-state index in [1.54, 1.807) is 0 Å². The van der Waals surface area contributed by atoms with Crippen molar-refractivity contribution in [1.82, 2.24) is 0 Å². The number of carbonyl (C=O) groups excluding carboxylic acids is 1. The molecule has 0 fully saturated rings. The second-order valence-corrected chi connectivity index (χ2v) is 2.59. The Labute approximate surface area is 78.6 Å². The zero-order valence-electron chi connectivity index (χ0n) is 6.97. The van der Waals surface area contributed by atoms with Gasteiger partial charge in [0.2, 0.25) is 0 Å². The van der Waals surface area contributed by atoms with Gasteiger partial charge in [-0.3, -0.25) is 10.1 Å². The SMILES string of the molecule is O=C([O-])c1cc(CO)cc([N+](=O)[O-])c1. The van der Waals surface area contributed by atoms with Crippen molar-refractivity contribution in [2.45, 2.75) is 6.61 Å². The van der Waals surface area contributed by atoms with Crippen molar-refractivity contribution in [2.24, 2.45) is 0 Å². The highest BCUT2D eigenvalue weighted by Crippen LogP contribution is 2.16. The molecule has 0 bridgehead atoms. The maximum atomic E-state index is 10.4. The normalized spacial score (nSPS) is 9.79. The molecule has 0 spiro atoms. The number of nitrogens with zero attached hydrogens (tertiary/aromatic N) is 1. The number of carbonyl (C=O) groups is 1. The predicted molar refractivity (Wildman–Crippen MR) is 43.3 cm³/mol. The van der Waals surface area contributed by atoms with Crippen LogP contribution in [0.15, 0.2) is 18.2 Å². The second kappa shape index (κ2) is 3.84. The highest BCUT2D eigenvalue weighted by molar-refractivity contribution is 5.86. The minimum atomic E-state index is -1.51. The number of nitro groups is 1. The molecule has 0 aromatic heterocycles. The summed E-state index contributed by atoms with van der Waals surface area (Å²) in [6.07, 6.45) is 0. The van der Waals surface area contributed by atoms with Gasteiger partial charge in [-0.05, 0) is 11.6 Å². The Bertz CT molecular complexity index is 355. The minimum absolute atomic E-state index is 0.165. The molecule has 1 aromatic rings. The number of aliphatic hydroxyl groups is 1. The number of rotatable bonds is 3. The molecule has 0 aliphatic rings. The van der Waals surface area contributed by atoms with Gasteiger partial charge in [0.1, 0.15) is 0 Å². The first-order valence-electron chi connectivity index (χ1n) is 3.65. The van der Waals surface area contributed by atoms with Gasteiger partial charge in [0.15, 0.2) is 0 Å². The van der Waals surface area contributed by atoms with E-state index in [9.17, 15) is 20.0 Å². The third kappa shape index (κ3) is 2.05. The quantitative estimate of drug-likeness (QED) is 0.516. The van der Waals surface area contributed by atoms with E-state index >= 15 is 0 Å². The topological polar surface area (TPSA) is 104 Å². The van der Waals surface area contributed by atoms with Crippen LogP contribution in [0, 0.1) is 10.1 Å². The molecule has 0 aliphatic heterocycles. The van der Waals surface area contributed by atoms with Gasteiger partial charge in [0, 0.05) is 17.7 Å². The molecular weight excluding hydrogens is 190 g/mol. The average Bonchev–Trinajstić information content (AvgIpc) is 2.16. The molecule has 1 N–H and O–H groups in total. The van der Waals surface area contributed by atoms with Gasteiger partial charge in [0.25, 0.3) is 5.69 Å². The Balaban J connectivity index is 3.27. The number of non-ortho nitro benzene ring substituents is 1. The fourth-order valence-electron chi connectivity index (χ4n) is 0.989. The third-order valence-electron chi connectivity index (χ3n) is 1.61. The standard InChI is InChI=1S/C8H7NO5/c10-4-5-1-6(8(11)12)3-7(2-5)9(13)14/h1-3,10H,4H2,(H,11,12)/p-1. The van der Waals surface area contributed by atoms with E-state index in [1.165, 1.54) is 0 Å². The van der Waals surface area contributed by atoms with Crippen molar-refractivity contribution < 1.29 is 19.9 Å². The van der Waals surface area contributed by atoms with Crippen molar-refractivity contribution in [3.05, 3.63) is 39.4 Å². The molecule has 0 radical (unpaired) electrons. The Morgan fingerprint density at radius 2 is 2.07 bits per heavy atom. The van der Waals surface area contributed by atoms with Crippen molar-refractivity contribution in [2.75, 3.05) is 0 Å². The summed E-state index contributed by atoms with van der Waals surface area (Å²) >= 11 is 0. The number of carboxylic acids is 1. The smallest absolute Gasteiger partial charge is 0.270 e. The van der Waals surface area contributed by atoms with Crippen LogP contribution in [0.25, 0.3) is 0 Å². The molecule has 6 nitrogen and oxygen atoms in total. The first-order valence-corrected chi connectivity index (χ1v) is 3.65. The Morgan fingerprint density at radius 3 is 2.50 bits per heavy atom. The number of benzene rings is 1. The maximum Gasteiger partial charge on any atom is 0.270 e. The van der Waals surface area contributed by atoms with E-state index < -0.39 is 17.5 Å². The molecule has 0 saturated heterocycles. The van der Waals surface area contributed by atoms with Crippen molar-refractivity contribution >= 4 is 11.7 Å². The van der Waals surface area contributed by atoms with Crippen LogP contribution in [-0.2, 0) is 6.61 Å². The second-order valence-electron chi connectivity index (χ2n) is 2.59. The molecular formula is C8H6NO5-. The number of aliphatic hydroxyl groups excluding tert-OH is 1. The monoisotopic (exact) mass is 196 g/mol. The predicted octanol–water partition coefficient (Wildman–Crippen LogP) is -0.549. The third-order valence-corrected chi connectivity index (χ3v) is 1.61. The summed E-state index contributed by atoms with van der Waals surface area (Å²) < 4.78 is 0. The Morgan fingerprint density at radius 1 is 1.43 bits per heavy atom. The molecule has 74 valence electrons. The van der Waals surface area contributed by atoms with Gasteiger partial charge in [-0.1, -0.05) is 0 Å². The van der Waals surface area contributed by atoms with Gasteiger partial charge in [-0.15, -0.1) is 0 Å². The van der Waals surface area contributed by atoms with Crippen molar-refractivity contribution in [1.29, 1.82) is 0 Å². The van der Waals surface area contributed by atoms with Gasteiger partial charge in [-0.2, -0.15) is 0 Å². The molecule has 1 aromatic carbocycles. The van der Waals surface area contributed by atoms with Crippen LogP contribution in [0.5, 0.6) is 0 Å². The van der Waals surface area contributed by atoms with Crippen LogP contribution in [0.3, 0.4) is 0 Å². The van der Waals surface area contributed by atoms with Gasteiger partial charge < -0.3 is 15.0 Å². The number of nitro benzene ring substituents is 1. The molecule has 0 amide bonds. The molecule has 0 atom stereocenters. The molecule has 0 unspecified atom stereocenters. The summed E-state index contributed by atoms with van der Waals surface area (Å²) in [7, 11) is 0. The molecule has 6 heteroatoms. The summed E-state index contributed by atoms with van der Waals surface area (Å²) in [6, 6.07) is 3.11. The van der Waals surface area contributed by atoms with E-state index in [0.29, 0.717) is 0 Å². The van der Waals surface area contributed by atoms with Gasteiger partial charge in [-0.25, -0.2) is 0 Å². The minimum Gasteiger partial charge on any atom is -0.545 e. The zero-order chi connectivity index (χ0) is 10.7. The summed E-state index contributed by atoms with van der Waals surface area (Å²) in [5.41, 5.74) is -0.530. The number of carboxylic acid groups (broad SMARTS) is 1. The van der Waals surface area contributed by atoms with Crippen LogP contribution in [0.2, 0.25) is 0 Å². The molecule has 0 saturated carbocycles. The molecule has 1 rings (SSSR count). The summed E-state index contributed by atoms with van der Waals surface area (Å²) in [4.78, 5) is 20.1. The fourth-order valence-corrected chi connectivity index (χ4v) is 0.989. The molecule has 0 heterocycles. The van der Waals surface area contributed by atoms with Crippen LogP contribution in [0.4, 0.5) is 5.69 Å². The lowest BCUT2D eigenvalue weighted by Crippen LogP contribution is -2.22. The van der Waals surface area contributed by atoms with E-state index in [0.717, 1.165) is 18.2 Å². The van der Waals surface area contributed by atoms with Gasteiger partial charge >= 0.3 is 0 Å². The zero-order valence-corrected chi connectivity index (χ0v) is 6.97. The lowest BCUT2D eigenvalue weighted by Gasteiger charge is -2.04. The first kappa shape index (κ1) is 10.1. The van der Waals surface area contributed by atoms with Crippen molar-refractivity contribution in [3.63, 3.8) is 0 Å². The Kier molecular flexibility index (Phi) is 2.78. The van der Waals surface area contributed by atoms with E-state index in [-0.39, 0.29) is 16.8 Å². The number of hydrogen-bond donors (Lipinski definition) is 1. The first-order chi connectivity index (χ1) is 6.54. The van der Waals surface area contributed by atoms with Crippen LogP contribution in [0.1, 0.15) is 15.9 Å². The average molecular weight is 196 g/mol.